The van der Waals surface area contributed by atoms with Crippen LogP contribution in [0.3, 0.4) is 0 Å². The minimum absolute atomic E-state index is 0.0560. The number of hydrogen-bond donors (Lipinski definition) is 0. The average Bonchev–Trinajstić information content (AvgIpc) is 2.69. The number of nitrogens with zero attached hydrogens (tertiary/aromatic N) is 4. The van der Waals surface area contributed by atoms with Crippen molar-refractivity contribution < 1.29 is 4.79 Å². The summed E-state index contributed by atoms with van der Waals surface area (Å²) in [6.07, 6.45) is 4.70. The summed E-state index contributed by atoms with van der Waals surface area (Å²) < 4.78 is 1.69. The van der Waals surface area contributed by atoms with Gasteiger partial charge in [0.1, 0.15) is 6.33 Å². The summed E-state index contributed by atoms with van der Waals surface area (Å²) in [5, 5.41) is 0.536. The molecule has 0 spiro atoms. The van der Waals surface area contributed by atoms with Gasteiger partial charge in [0, 0.05) is 30.9 Å². The molecule has 6 nitrogen and oxygen atoms in total. The normalized spacial score (nSPS) is 15.3. The van der Waals surface area contributed by atoms with Gasteiger partial charge in [-0.3, -0.25) is 14.2 Å². The van der Waals surface area contributed by atoms with E-state index in [0.717, 1.165) is 24.0 Å². The fourth-order valence-electron chi connectivity index (χ4n) is 3.57. The van der Waals surface area contributed by atoms with Crippen LogP contribution in [-0.4, -0.2) is 38.4 Å². The first-order chi connectivity index (χ1) is 12.6. The molecular weight excluding hydrogens is 328 g/mol. The van der Waals surface area contributed by atoms with E-state index in [4.69, 9.17) is 0 Å². The Hall–Kier alpha value is -3.02. The van der Waals surface area contributed by atoms with Gasteiger partial charge in [0.05, 0.1) is 5.39 Å². The Morgan fingerprint density at radius 3 is 2.62 bits per heavy atom. The molecule has 1 saturated heterocycles. The van der Waals surface area contributed by atoms with E-state index >= 15 is 0 Å². The van der Waals surface area contributed by atoms with Gasteiger partial charge in [-0.2, -0.15) is 0 Å². The standard InChI is InChI=1S/C20H20N4O2/c1-14-5-2-3-6-16(14)19(25)23-11-8-15(9-12-23)24-13-22-18-17(20(24)26)7-4-10-21-18/h2-7,10,13,15H,8-9,11-12H2,1H3. The van der Waals surface area contributed by atoms with Gasteiger partial charge >= 0.3 is 0 Å². The van der Waals surface area contributed by atoms with Crippen molar-refractivity contribution in [3.8, 4) is 0 Å². The number of benzene rings is 1. The van der Waals surface area contributed by atoms with Crippen LogP contribution in [0.5, 0.6) is 0 Å². The lowest BCUT2D eigenvalue weighted by molar-refractivity contribution is 0.0692. The Labute approximate surface area is 151 Å². The molecule has 6 heteroatoms. The van der Waals surface area contributed by atoms with E-state index in [2.05, 4.69) is 9.97 Å². The maximum absolute atomic E-state index is 12.7. The third-order valence-corrected chi connectivity index (χ3v) is 5.08. The number of carbonyl (C=O) groups excluding carboxylic acids is 1. The van der Waals surface area contributed by atoms with Gasteiger partial charge in [0.15, 0.2) is 5.65 Å². The second-order valence-corrected chi connectivity index (χ2v) is 6.67. The minimum Gasteiger partial charge on any atom is -0.338 e. The van der Waals surface area contributed by atoms with Crippen molar-refractivity contribution in [3.05, 3.63) is 70.4 Å². The molecule has 0 N–H and O–H groups in total. The van der Waals surface area contributed by atoms with Crippen molar-refractivity contribution in [2.75, 3.05) is 13.1 Å². The van der Waals surface area contributed by atoms with Crippen LogP contribution in [0, 0.1) is 6.92 Å². The molecule has 1 fully saturated rings. The van der Waals surface area contributed by atoms with Crippen LogP contribution in [0.2, 0.25) is 0 Å². The second kappa shape index (κ2) is 6.71. The van der Waals surface area contributed by atoms with Crippen LogP contribution >= 0.6 is 0 Å². The maximum Gasteiger partial charge on any atom is 0.263 e. The summed E-state index contributed by atoms with van der Waals surface area (Å²) in [6.45, 7) is 3.22. The molecular formula is C20H20N4O2. The number of aromatic nitrogens is 3. The number of hydrogen-bond acceptors (Lipinski definition) is 4. The summed E-state index contributed by atoms with van der Waals surface area (Å²) in [7, 11) is 0. The molecule has 1 amide bonds. The van der Waals surface area contributed by atoms with Gasteiger partial charge < -0.3 is 4.90 Å². The largest absolute Gasteiger partial charge is 0.338 e. The highest BCUT2D eigenvalue weighted by molar-refractivity contribution is 5.95. The second-order valence-electron chi connectivity index (χ2n) is 6.67. The van der Waals surface area contributed by atoms with Gasteiger partial charge in [0.2, 0.25) is 0 Å². The molecule has 0 saturated carbocycles. The number of amides is 1. The molecule has 1 aliphatic rings. The quantitative estimate of drug-likeness (QED) is 0.714. The van der Waals surface area contributed by atoms with E-state index in [1.54, 1.807) is 29.2 Å². The molecule has 0 aliphatic carbocycles. The number of aryl methyl sites for hydroxylation is 1. The number of likely N-dealkylation sites (tertiary alicyclic amines) is 1. The van der Waals surface area contributed by atoms with Crippen molar-refractivity contribution in [3.63, 3.8) is 0 Å². The van der Waals surface area contributed by atoms with E-state index in [1.807, 2.05) is 36.1 Å². The summed E-state index contributed by atoms with van der Waals surface area (Å²) in [5.41, 5.74) is 2.15. The molecule has 26 heavy (non-hydrogen) atoms. The first-order valence-corrected chi connectivity index (χ1v) is 8.82. The van der Waals surface area contributed by atoms with Crippen LogP contribution in [0.1, 0.15) is 34.8 Å². The SMILES string of the molecule is Cc1ccccc1C(=O)N1CCC(n2cnc3ncccc3c2=O)CC1. The fraction of sp³-hybridized carbons (Fsp3) is 0.300. The Balaban J connectivity index is 1.52. The highest BCUT2D eigenvalue weighted by atomic mass is 16.2. The van der Waals surface area contributed by atoms with Gasteiger partial charge in [-0.25, -0.2) is 9.97 Å². The summed E-state index contributed by atoms with van der Waals surface area (Å²) >= 11 is 0. The van der Waals surface area contributed by atoms with Crippen LogP contribution < -0.4 is 5.56 Å². The summed E-state index contributed by atoms with van der Waals surface area (Å²) in [4.78, 5) is 35.8. The van der Waals surface area contributed by atoms with E-state index in [-0.39, 0.29) is 17.5 Å². The lowest BCUT2D eigenvalue weighted by Gasteiger charge is -2.33. The Morgan fingerprint density at radius 1 is 1.08 bits per heavy atom. The van der Waals surface area contributed by atoms with E-state index in [1.165, 1.54) is 0 Å². The Bertz CT molecular complexity index is 1020. The molecule has 1 aromatic carbocycles. The average molecular weight is 348 g/mol. The van der Waals surface area contributed by atoms with Crippen molar-refractivity contribution in [1.29, 1.82) is 0 Å². The molecule has 132 valence electrons. The third kappa shape index (κ3) is 2.87. The molecule has 4 rings (SSSR count). The summed E-state index contributed by atoms with van der Waals surface area (Å²) in [5.74, 6) is 0.0646. The molecule has 1 aliphatic heterocycles. The van der Waals surface area contributed by atoms with Crippen LogP contribution in [0.15, 0.2) is 53.7 Å². The van der Waals surface area contributed by atoms with Crippen LogP contribution in [0.4, 0.5) is 0 Å². The topological polar surface area (TPSA) is 68.1 Å². The van der Waals surface area contributed by atoms with Crippen molar-refractivity contribution in [1.82, 2.24) is 19.4 Å². The zero-order chi connectivity index (χ0) is 18.1. The zero-order valence-electron chi connectivity index (χ0n) is 14.6. The number of pyridine rings is 1. The molecule has 3 aromatic rings. The molecule has 0 unspecified atom stereocenters. The van der Waals surface area contributed by atoms with Crippen LogP contribution in [0.25, 0.3) is 11.0 Å². The molecule has 0 radical (unpaired) electrons. The predicted octanol–water partition coefficient (Wildman–Crippen LogP) is 2.58. The molecule has 0 bridgehead atoms. The van der Waals surface area contributed by atoms with E-state index < -0.39 is 0 Å². The molecule has 2 aromatic heterocycles. The highest BCUT2D eigenvalue weighted by Crippen LogP contribution is 2.23. The first kappa shape index (κ1) is 16.4. The number of fused-ring (bicyclic) bond motifs is 1. The first-order valence-electron chi connectivity index (χ1n) is 8.82. The monoisotopic (exact) mass is 348 g/mol. The van der Waals surface area contributed by atoms with E-state index in [0.29, 0.717) is 24.1 Å². The van der Waals surface area contributed by atoms with Crippen molar-refractivity contribution >= 4 is 16.9 Å². The molecule has 0 atom stereocenters. The van der Waals surface area contributed by atoms with Crippen molar-refractivity contribution in [2.45, 2.75) is 25.8 Å². The van der Waals surface area contributed by atoms with Gasteiger partial charge in [-0.15, -0.1) is 0 Å². The van der Waals surface area contributed by atoms with Gasteiger partial charge in [-0.05, 0) is 43.5 Å². The molecule has 3 heterocycles. The Kier molecular flexibility index (Phi) is 4.24. The maximum atomic E-state index is 12.7. The van der Waals surface area contributed by atoms with Gasteiger partial charge in [-0.1, -0.05) is 18.2 Å². The smallest absolute Gasteiger partial charge is 0.263 e. The van der Waals surface area contributed by atoms with E-state index in [9.17, 15) is 9.59 Å². The summed E-state index contributed by atoms with van der Waals surface area (Å²) in [6, 6.07) is 11.2. The number of rotatable bonds is 2. The van der Waals surface area contributed by atoms with Gasteiger partial charge in [0.25, 0.3) is 11.5 Å². The third-order valence-electron chi connectivity index (χ3n) is 5.08. The zero-order valence-corrected chi connectivity index (χ0v) is 14.6. The lowest BCUT2D eigenvalue weighted by atomic mass is 10.0. The van der Waals surface area contributed by atoms with Crippen LogP contribution in [-0.2, 0) is 0 Å². The predicted molar refractivity (Wildman–Crippen MR) is 99.2 cm³/mol. The lowest BCUT2D eigenvalue weighted by Crippen LogP contribution is -2.41. The fourth-order valence-corrected chi connectivity index (χ4v) is 3.57. The van der Waals surface area contributed by atoms with Crippen molar-refractivity contribution in [2.24, 2.45) is 0 Å². The number of carbonyl (C=O) groups is 1. The minimum atomic E-state index is -0.0632. The highest BCUT2D eigenvalue weighted by Gasteiger charge is 2.26. The Morgan fingerprint density at radius 2 is 1.85 bits per heavy atom. The number of piperidine rings is 1.